The zero-order valence-corrected chi connectivity index (χ0v) is 33.3. The molecule has 0 spiro atoms. The minimum atomic E-state index is -0.890. The van der Waals surface area contributed by atoms with Gasteiger partial charge in [0.25, 0.3) is 0 Å². The second-order valence-electron chi connectivity index (χ2n) is 16.8. The molecule has 12 heteroatoms. The molecule has 11 nitrogen and oxygen atoms in total. The van der Waals surface area contributed by atoms with Gasteiger partial charge in [0.1, 0.15) is 12.1 Å². The quantitative estimate of drug-likeness (QED) is 0.132. The maximum atomic E-state index is 13.7. The van der Waals surface area contributed by atoms with Gasteiger partial charge in [0.05, 0.1) is 23.9 Å². The normalized spacial score (nSPS) is 25.7. The summed E-state index contributed by atoms with van der Waals surface area (Å²) in [7, 11) is 0. The van der Waals surface area contributed by atoms with Gasteiger partial charge in [0.2, 0.25) is 23.6 Å². The number of hydrogen-bond donors (Lipinski definition) is 6. The van der Waals surface area contributed by atoms with E-state index in [1.54, 1.807) is 0 Å². The number of benzene rings is 1. The first-order valence-electron chi connectivity index (χ1n) is 19.7. The van der Waals surface area contributed by atoms with Gasteiger partial charge in [-0.05, 0) is 71.3 Å². The van der Waals surface area contributed by atoms with Crippen molar-refractivity contribution in [3.8, 4) is 0 Å². The van der Waals surface area contributed by atoms with Crippen LogP contribution in [0.15, 0.2) is 30.3 Å². The van der Waals surface area contributed by atoms with Crippen molar-refractivity contribution in [2.75, 3.05) is 26.2 Å². The first kappa shape index (κ1) is 42.1. The predicted molar refractivity (Wildman–Crippen MR) is 209 cm³/mol. The van der Waals surface area contributed by atoms with E-state index in [9.17, 15) is 24.3 Å². The van der Waals surface area contributed by atoms with E-state index >= 15 is 0 Å². The first-order valence-corrected chi connectivity index (χ1v) is 20.6. The number of thioether (sulfide) groups is 1. The van der Waals surface area contributed by atoms with Crippen molar-refractivity contribution in [3.05, 3.63) is 35.9 Å². The standard InChI is InChI=1S/C40H66N6O5S/c1-7-8-9-10-16-21-41-36(50)33(43-32(48)22-27-17-12-11-13-18-27)38-44-34(40(5,6)52-38)37(51)42-24-30(47)26-46-25-29-20-15-14-19-28(29)23-31(46)35(49)45-39(2,3)4/h11-13,17-18,28-31,33-34,38,44,47H,7-10,14-16,19-26H2,1-6H3,(H,41,50)(H,42,51)(H,43,48)(H,45,49)/t28-,29+,30?,31-,33?,34-,38+/m0/s1. The molecule has 52 heavy (non-hydrogen) atoms. The Balaban J connectivity index is 1.37. The van der Waals surface area contributed by atoms with Crippen molar-refractivity contribution in [1.29, 1.82) is 0 Å². The number of rotatable bonds is 17. The van der Waals surface area contributed by atoms with Crippen LogP contribution in [0.4, 0.5) is 0 Å². The van der Waals surface area contributed by atoms with Crippen LogP contribution in [0.2, 0.25) is 0 Å². The molecule has 7 atom stereocenters. The summed E-state index contributed by atoms with van der Waals surface area (Å²) in [6.07, 6.45) is 10.1. The summed E-state index contributed by atoms with van der Waals surface area (Å²) < 4.78 is -0.610. The molecule has 4 amide bonds. The number of unbranched alkanes of at least 4 members (excludes halogenated alkanes) is 4. The molecule has 3 fully saturated rings. The van der Waals surface area contributed by atoms with Gasteiger partial charge in [0, 0.05) is 36.5 Å². The van der Waals surface area contributed by atoms with Crippen molar-refractivity contribution in [1.82, 2.24) is 31.5 Å². The van der Waals surface area contributed by atoms with Crippen molar-refractivity contribution < 1.29 is 24.3 Å². The van der Waals surface area contributed by atoms with Crippen LogP contribution in [0.1, 0.15) is 111 Å². The Labute approximate surface area is 316 Å². The van der Waals surface area contributed by atoms with E-state index in [2.05, 4.69) is 38.4 Å². The fourth-order valence-electron chi connectivity index (χ4n) is 7.97. The van der Waals surface area contributed by atoms with Crippen LogP contribution in [-0.2, 0) is 25.6 Å². The Morgan fingerprint density at radius 3 is 2.37 bits per heavy atom. The van der Waals surface area contributed by atoms with E-state index in [4.69, 9.17) is 0 Å². The number of aliphatic hydroxyl groups is 1. The van der Waals surface area contributed by atoms with E-state index in [0.29, 0.717) is 24.9 Å². The third-order valence-corrected chi connectivity index (χ3v) is 12.2. The van der Waals surface area contributed by atoms with Crippen molar-refractivity contribution in [2.45, 2.75) is 152 Å². The zero-order chi connectivity index (χ0) is 37.9. The Kier molecular flexibility index (Phi) is 15.9. The number of carbonyl (C=O) groups is 4. The van der Waals surface area contributed by atoms with Crippen LogP contribution in [-0.4, -0.2) is 99.7 Å². The van der Waals surface area contributed by atoms with Crippen molar-refractivity contribution in [3.63, 3.8) is 0 Å². The smallest absolute Gasteiger partial charge is 0.245 e. The lowest BCUT2D eigenvalue weighted by molar-refractivity contribution is -0.133. The lowest BCUT2D eigenvalue weighted by atomic mass is 9.72. The zero-order valence-electron chi connectivity index (χ0n) is 32.5. The number of hydrogen-bond acceptors (Lipinski definition) is 8. The Morgan fingerprint density at radius 1 is 0.981 bits per heavy atom. The Hall–Kier alpha value is -2.67. The summed E-state index contributed by atoms with van der Waals surface area (Å²) in [5.74, 6) is 0.222. The SMILES string of the molecule is CCCCCCCNC(=O)C(NC(=O)Cc1ccccc1)[C@@H]1N[C@@H](C(=O)NCC(O)CN2C[C@H]3CCCC[C@H]3C[C@H]2C(=O)NC(C)(C)C)C(C)(C)S1. The average molecular weight is 743 g/mol. The monoisotopic (exact) mass is 742 g/mol. The minimum Gasteiger partial charge on any atom is -0.390 e. The second-order valence-corrected chi connectivity index (χ2v) is 18.6. The highest BCUT2D eigenvalue weighted by molar-refractivity contribution is 8.01. The molecule has 0 aromatic heterocycles. The van der Waals surface area contributed by atoms with E-state index in [1.807, 2.05) is 65.0 Å². The molecule has 292 valence electrons. The molecule has 1 aromatic carbocycles. The van der Waals surface area contributed by atoms with Gasteiger partial charge in [-0.1, -0.05) is 82.2 Å². The Bertz CT molecular complexity index is 1320. The highest BCUT2D eigenvalue weighted by Crippen LogP contribution is 2.40. The lowest BCUT2D eigenvalue weighted by Gasteiger charge is -2.46. The van der Waals surface area contributed by atoms with Crippen LogP contribution in [0.5, 0.6) is 0 Å². The topological polar surface area (TPSA) is 152 Å². The molecule has 3 aliphatic rings. The number of carbonyl (C=O) groups excluding carboxylic acids is 4. The number of fused-ring (bicyclic) bond motifs is 1. The average Bonchev–Trinajstić information content (AvgIpc) is 3.41. The molecule has 1 aromatic rings. The van der Waals surface area contributed by atoms with Gasteiger partial charge in [-0.3, -0.25) is 29.4 Å². The second kappa shape index (κ2) is 19.6. The largest absolute Gasteiger partial charge is 0.390 e. The molecule has 1 saturated carbocycles. The van der Waals surface area contributed by atoms with E-state index in [1.165, 1.54) is 31.0 Å². The lowest BCUT2D eigenvalue weighted by Crippen LogP contribution is -2.60. The molecule has 6 N–H and O–H groups in total. The maximum absolute atomic E-state index is 13.7. The molecule has 2 heterocycles. The minimum absolute atomic E-state index is 0.00123. The summed E-state index contributed by atoms with van der Waals surface area (Å²) in [5, 5.41) is 26.1. The molecule has 1 aliphatic carbocycles. The maximum Gasteiger partial charge on any atom is 0.245 e. The van der Waals surface area contributed by atoms with Gasteiger partial charge in [-0.15, -0.1) is 11.8 Å². The van der Waals surface area contributed by atoms with Crippen LogP contribution < -0.4 is 26.6 Å². The van der Waals surface area contributed by atoms with Crippen LogP contribution >= 0.6 is 11.8 Å². The molecule has 2 unspecified atom stereocenters. The van der Waals surface area contributed by atoms with Crippen LogP contribution in [0.25, 0.3) is 0 Å². The van der Waals surface area contributed by atoms with Crippen molar-refractivity contribution in [2.24, 2.45) is 11.8 Å². The van der Waals surface area contributed by atoms with Gasteiger partial charge < -0.3 is 26.4 Å². The summed E-state index contributed by atoms with van der Waals surface area (Å²) in [5.41, 5.74) is 0.497. The molecule has 2 saturated heterocycles. The third kappa shape index (κ3) is 12.7. The summed E-state index contributed by atoms with van der Waals surface area (Å²) in [6.45, 7) is 13.6. The highest BCUT2D eigenvalue weighted by atomic mass is 32.2. The predicted octanol–water partition coefficient (Wildman–Crippen LogP) is 3.88. The van der Waals surface area contributed by atoms with Crippen LogP contribution in [0, 0.1) is 11.8 Å². The molecule has 0 radical (unpaired) electrons. The highest BCUT2D eigenvalue weighted by Gasteiger charge is 2.49. The molecular weight excluding hydrogens is 677 g/mol. The number of nitrogens with one attached hydrogen (secondary N) is 5. The van der Waals surface area contributed by atoms with Gasteiger partial charge in [-0.2, -0.15) is 0 Å². The van der Waals surface area contributed by atoms with E-state index in [0.717, 1.165) is 57.1 Å². The fourth-order valence-corrected chi connectivity index (χ4v) is 9.46. The summed E-state index contributed by atoms with van der Waals surface area (Å²) in [6, 6.07) is 7.53. The van der Waals surface area contributed by atoms with Gasteiger partial charge in [0.15, 0.2) is 0 Å². The molecule has 2 aliphatic heterocycles. The van der Waals surface area contributed by atoms with Crippen LogP contribution in [0.3, 0.4) is 0 Å². The number of β-amino-alcohol motifs (C(OH)–C–C–N with tert-alkyl or cyclic N) is 1. The number of piperidine rings is 1. The molecule has 4 rings (SSSR count). The number of aliphatic hydroxyl groups excluding tert-OH is 1. The number of amides is 4. The Morgan fingerprint density at radius 2 is 1.67 bits per heavy atom. The number of likely N-dealkylation sites (tertiary alicyclic amines) is 1. The fraction of sp³-hybridized carbons (Fsp3) is 0.750. The number of nitrogens with zero attached hydrogens (tertiary/aromatic N) is 1. The van der Waals surface area contributed by atoms with E-state index in [-0.39, 0.29) is 48.2 Å². The molecule has 0 bridgehead atoms. The van der Waals surface area contributed by atoms with Gasteiger partial charge >= 0.3 is 0 Å². The first-order chi connectivity index (χ1) is 24.7. The summed E-state index contributed by atoms with van der Waals surface area (Å²) in [4.78, 5) is 56.0. The van der Waals surface area contributed by atoms with E-state index < -0.39 is 28.3 Å². The summed E-state index contributed by atoms with van der Waals surface area (Å²) >= 11 is 1.46. The molecular formula is C40H66N6O5S. The van der Waals surface area contributed by atoms with Crippen molar-refractivity contribution >= 4 is 35.4 Å². The third-order valence-electron chi connectivity index (χ3n) is 10.7. The van der Waals surface area contributed by atoms with Gasteiger partial charge in [-0.25, -0.2) is 0 Å².